The smallest absolute Gasteiger partial charge is 0.325 e. The fourth-order valence-electron chi connectivity index (χ4n) is 1.62. The molecule has 16 heavy (non-hydrogen) atoms. The van der Waals surface area contributed by atoms with E-state index in [1.54, 1.807) is 0 Å². The van der Waals surface area contributed by atoms with E-state index in [9.17, 15) is 18.0 Å². The Balaban J connectivity index is 2.70. The zero-order valence-corrected chi connectivity index (χ0v) is 9.79. The summed E-state index contributed by atoms with van der Waals surface area (Å²) in [4.78, 5) is 22.1. The van der Waals surface area contributed by atoms with E-state index in [1.807, 2.05) is 0 Å². The first-order valence-corrected chi connectivity index (χ1v) is 6.81. The van der Waals surface area contributed by atoms with Crippen molar-refractivity contribution in [3.63, 3.8) is 0 Å². The first-order valence-electron chi connectivity index (χ1n) is 5.09. The number of nitrogens with one attached hydrogen (secondary N) is 1. The quantitative estimate of drug-likeness (QED) is 0.705. The predicted octanol–water partition coefficient (Wildman–Crippen LogP) is -0.457. The molecule has 2 N–H and O–H groups in total. The minimum Gasteiger partial charge on any atom is -0.480 e. The number of hydrogen-bond acceptors (Lipinski definition) is 4. The number of rotatable bonds is 3. The van der Waals surface area contributed by atoms with Gasteiger partial charge in [0.1, 0.15) is 11.3 Å². The number of carbonyl (C=O) groups is 2. The van der Waals surface area contributed by atoms with Crippen LogP contribution in [0, 0.1) is 0 Å². The van der Waals surface area contributed by atoms with Crippen LogP contribution in [0.15, 0.2) is 0 Å². The molecule has 0 aromatic carbocycles. The minimum absolute atomic E-state index is 0.00649. The molecule has 0 spiro atoms. The number of carbonyl (C=O) groups excluding carboxylic acids is 1. The Morgan fingerprint density at radius 2 is 2.00 bits per heavy atom. The minimum atomic E-state index is -3.40. The molecular formula is C9H15NO5S. The second-order valence-corrected chi connectivity index (χ2v) is 6.22. The topological polar surface area (TPSA) is 101 Å². The summed E-state index contributed by atoms with van der Waals surface area (Å²) in [6.07, 6.45) is 1.53. The third kappa shape index (κ3) is 2.94. The van der Waals surface area contributed by atoms with Gasteiger partial charge in [-0.3, -0.25) is 9.59 Å². The van der Waals surface area contributed by atoms with Crippen molar-refractivity contribution in [2.45, 2.75) is 37.5 Å². The molecule has 1 aliphatic heterocycles. The summed E-state index contributed by atoms with van der Waals surface area (Å²) in [6, 6.07) is -1.07. The SMILES string of the molecule is CC(NC(=O)C1CCCCS1(=O)=O)C(=O)O. The summed E-state index contributed by atoms with van der Waals surface area (Å²) in [5.74, 6) is -1.87. The van der Waals surface area contributed by atoms with Crippen LogP contribution in [-0.2, 0) is 19.4 Å². The fourth-order valence-corrected chi connectivity index (χ4v) is 3.43. The number of aliphatic carboxylic acids is 1. The van der Waals surface area contributed by atoms with Gasteiger partial charge in [-0.1, -0.05) is 6.42 Å². The van der Waals surface area contributed by atoms with Crippen molar-refractivity contribution < 1.29 is 23.1 Å². The van der Waals surface area contributed by atoms with Gasteiger partial charge in [-0.25, -0.2) is 8.42 Å². The van der Waals surface area contributed by atoms with E-state index in [0.29, 0.717) is 12.8 Å². The molecule has 7 heteroatoms. The van der Waals surface area contributed by atoms with Crippen LogP contribution in [0.2, 0.25) is 0 Å². The van der Waals surface area contributed by atoms with Gasteiger partial charge in [0.05, 0.1) is 5.75 Å². The van der Waals surface area contributed by atoms with Crippen LogP contribution in [0.4, 0.5) is 0 Å². The Morgan fingerprint density at radius 3 is 2.50 bits per heavy atom. The molecule has 1 fully saturated rings. The molecule has 0 aromatic heterocycles. The molecule has 1 rings (SSSR count). The van der Waals surface area contributed by atoms with Crippen molar-refractivity contribution in [3.8, 4) is 0 Å². The van der Waals surface area contributed by atoms with Gasteiger partial charge in [-0.2, -0.15) is 0 Å². The van der Waals surface area contributed by atoms with Crippen LogP contribution in [-0.4, -0.2) is 42.4 Å². The van der Waals surface area contributed by atoms with E-state index in [1.165, 1.54) is 6.92 Å². The Hall–Kier alpha value is -1.11. The number of hydrogen-bond donors (Lipinski definition) is 2. The third-order valence-electron chi connectivity index (χ3n) is 2.60. The van der Waals surface area contributed by atoms with E-state index < -0.39 is 33.0 Å². The second-order valence-electron chi connectivity index (χ2n) is 3.92. The molecule has 0 radical (unpaired) electrons. The Kier molecular flexibility index (Phi) is 3.90. The highest BCUT2D eigenvalue weighted by molar-refractivity contribution is 7.92. The van der Waals surface area contributed by atoms with Crippen molar-refractivity contribution in [2.24, 2.45) is 0 Å². The molecule has 0 bridgehead atoms. The van der Waals surface area contributed by atoms with E-state index in [2.05, 4.69) is 5.32 Å². The first kappa shape index (κ1) is 13.0. The number of carboxylic acids is 1. The van der Waals surface area contributed by atoms with E-state index >= 15 is 0 Å². The van der Waals surface area contributed by atoms with Crippen LogP contribution in [0.5, 0.6) is 0 Å². The second kappa shape index (κ2) is 4.82. The lowest BCUT2D eigenvalue weighted by Crippen LogP contribution is -2.48. The summed E-state index contributed by atoms with van der Waals surface area (Å²) < 4.78 is 23.1. The summed E-state index contributed by atoms with van der Waals surface area (Å²) in [6.45, 7) is 1.30. The molecular weight excluding hydrogens is 234 g/mol. The highest BCUT2D eigenvalue weighted by Gasteiger charge is 2.35. The standard InChI is InChI=1S/C9H15NO5S/c1-6(9(12)13)10-8(11)7-4-2-3-5-16(7,14)15/h6-7H,2-5H2,1H3,(H,10,11)(H,12,13). The molecule has 2 atom stereocenters. The average molecular weight is 249 g/mol. The van der Waals surface area contributed by atoms with Crippen molar-refractivity contribution >= 4 is 21.7 Å². The summed E-state index contributed by atoms with van der Waals surface area (Å²) in [5, 5.41) is 9.70. The van der Waals surface area contributed by atoms with Crippen LogP contribution >= 0.6 is 0 Å². The molecule has 0 aromatic rings. The molecule has 1 amide bonds. The highest BCUT2D eigenvalue weighted by Crippen LogP contribution is 2.19. The van der Waals surface area contributed by atoms with E-state index in [0.717, 1.165) is 0 Å². The fraction of sp³-hybridized carbons (Fsp3) is 0.778. The number of amides is 1. The van der Waals surface area contributed by atoms with Crippen LogP contribution in [0.1, 0.15) is 26.2 Å². The zero-order chi connectivity index (χ0) is 12.3. The Bertz CT molecular complexity index is 389. The van der Waals surface area contributed by atoms with Gasteiger partial charge in [0.2, 0.25) is 5.91 Å². The summed E-state index contributed by atoms with van der Waals surface area (Å²) >= 11 is 0. The maximum absolute atomic E-state index is 11.6. The van der Waals surface area contributed by atoms with Gasteiger partial charge in [0, 0.05) is 0 Å². The lowest BCUT2D eigenvalue weighted by atomic mass is 10.1. The largest absolute Gasteiger partial charge is 0.480 e. The van der Waals surface area contributed by atoms with Crippen LogP contribution < -0.4 is 5.32 Å². The molecule has 0 aliphatic carbocycles. The zero-order valence-electron chi connectivity index (χ0n) is 8.97. The summed E-state index contributed by atoms with van der Waals surface area (Å²) in [5.41, 5.74) is 0. The van der Waals surface area contributed by atoms with Crippen molar-refractivity contribution in [2.75, 3.05) is 5.75 Å². The normalized spacial score (nSPS) is 25.7. The van der Waals surface area contributed by atoms with Gasteiger partial charge >= 0.3 is 5.97 Å². The lowest BCUT2D eigenvalue weighted by molar-refractivity contribution is -0.141. The van der Waals surface area contributed by atoms with Gasteiger partial charge in [0.25, 0.3) is 0 Å². The molecule has 2 unspecified atom stereocenters. The number of carboxylic acid groups (broad SMARTS) is 1. The van der Waals surface area contributed by atoms with Crippen molar-refractivity contribution in [1.29, 1.82) is 0 Å². The summed E-state index contributed by atoms with van der Waals surface area (Å²) in [7, 11) is -3.40. The maximum atomic E-state index is 11.6. The monoisotopic (exact) mass is 249 g/mol. The van der Waals surface area contributed by atoms with E-state index in [4.69, 9.17) is 5.11 Å². The molecule has 92 valence electrons. The molecule has 1 heterocycles. The van der Waals surface area contributed by atoms with Gasteiger partial charge in [-0.05, 0) is 19.8 Å². The van der Waals surface area contributed by atoms with Gasteiger partial charge < -0.3 is 10.4 Å². The molecule has 1 aliphatic rings. The van der Waals surface area contributed by atoms with Crippen LogP contribution in [0.3, 0.4) is 0 Å². The number of sulfone groups is 1. The average Bonchev–Trinajstić information content (AvgIpc) is 2.16. The van der Waals surface area contributed by atoms with Crippen molar-refractivity contribution in [3.05, 3.63) is 0 Å². The first-order chi connectivity index (χ1) is 7.34. The Morgan fingerprint density at radius 1 is 1.38 bits per heavy atom. The van der Waals surface area contributed by atoms with E-state index in [-0.39, 0.29) is 12.2 Å². The highest BCUT2D eigenvalue weighted by atomic mass is 32.2. The molecule has 0 saturated carbocycles. The lowest BCUT2D eigenvalue weighted by Gasteiger charge is -2.22. The van der Waals surface area contributed by atoms with Crippen LogP contribution in [0.25, 0.3) is 0 Å². The van der Waals surface area contributed by atoms with Gasteiger partial charge in [-0.15, -0.1) is 0 Å². The third-order valence-corrected chi connectivity index (χ3v) is 4.77. The molecule has 1 saturated heterocycles. The van der Waals surface area contributed by atoms with Gasteiger partial charge in [0.15, 0.2) is 9.84 Å². The maximum Gasteiger partial charge on any atom is 0.325 e. The Labute approximate surface area is 93.9 Å². The molecule has 6 nitrogen and oxygen atoms in total. The van der Waals surface area contributed by atoms with Crippen molar-refractivity contribution in [1.82, 2.24) is 5.32 Å². The predicted molar refractivity (Wildman–Crippen MR) is 56.7 cm³/mol.